The van der Waals surface area contributed by atoms with Gasteiger partial charge in [-0.25, -0.2) is 8.42 Å². The van der Waals surface area contributed by atoms with Crippen LogP contribution in [0.1, 0.15) is 17.5 Å². The number of hydrogen-bond donors (Lipinski definition) is 1. The van der Waals surface area contributed by atoms with E-state index in [-0.39, 0.29) is 24.0 Å². The lowest BCUT2D eigenvalue weighted by Gasteiger charge is -2.24. The van der Waals surface area contributed by atoms with Gasteiger partial charge < -0.3 is 19.7 Å². The van der Waals surface area contributed by atoms with Gasteiger partial charge in [-0.3, -0.25) is 0 Å². The zero-order chi connectivity index (χ0) is 30.7. The molecule has 0 aliphatic heterocycles. The number of sulfonamides is 1. The molecule has 43 heavy (non-hydrogen) atoms. The van der Waals surface area contributed by atoms with E-state index in [0.29, 0.717) is 0 Å². The van der Waals surface area contributed by atoms with Crippen molar-refractivity contribution in [1.29, 1.82) is 0 Å². The van der Waals surface area contributed by atoms with Crippen LogP contribution in [0.15, 0.2) is 113 Å². The number of hydrogen-bond acceptors (Lipinski definition) is 7. The SMILES string of the molecule is COc1ccc(CN(Cc2ccc(OC)cc2)S(=O)(=O)c2ccc(N[C@H](CCN(C)C)CSc3ccccc3)cc2)cc1. The van der Waals surface area contributed by atoms with Crippen molar-refractivity contribution in [2.75, 3.05) is 45.9 Å². The Hall–Kier alpha value is -3.50. The summed E-state index contributed by atoms with van der Waals surface area (Å²) in [7, 11) is 3.56. The Morgan fingerprint density at radius 1 is 0.744 bits per heavy atom. The maximum absolute atomic E-state index is 14.0. The number of ether oxygens (including phenoxy) is 2. The number of methoxy groups -OCH3 is 2. The normalized spacial score (nSPS) is 12.3. The van der Waals surface area contributed by atoms with E-state index in [2.05, 4.69) is 48.6 Å². The number of thioether (sulfide) groups is 1. The van der Waals surface area contributed by atoms with Crippen molar-refractivity contribution in [2.45, 2.75) is 35.3 Å². The Labute approximate surface area is 260 Å². The van der Waals surface area contributed by atoms with Gasteiger partial charge in [0.15, 0.2) is 0 Å². The summed E-state index contributed by atoms with van der Waals surface area (Å²) >= 11 is 1.82. The van der Waals surface area contributed by atoms with Crippen LogP contribution in [0, 0.1) is 0 Å². The Kier molecular flexibility index (Phi) is 11.9. The van der Waals surface area contributed by atoms with Gasteiger partial charge in [0.25, 0.3) is 0 Å². The van der Waals surface area contributed by atoms with Crippen LogP contribution in [-0.4, -0.2) is 64.3 Å². The fraction of sp³-hybridized carbons (Fsp3) is 0.294. The van der Waals surface area contributed by atoms with Gasteiger partial charge in [-0.05, 0) is 98.9 Å². The minimum Gasteiger partial charge on any atom is -0.497 e. The van der Waals surface area contributed by atoms with Gasteiger partial charge in [0.1, 0.15) is 11.5 Å². The van der Waals surface area contributed by atoms with E-state index in [9.17, 15) is 8.42 Å². The molecular formula is C34H41N3O4S2. The molecule has 1 N–H and O–H groups in total. The first kappa shape index (κ1) is 32.4. The second kappa shape index (κ2) is 15.8. The average Bonchev–Trinajstić information content (AvgIpc) is 3.03. The first-order chi connectivity index (χ1) is 20.8. The molecule has 0 saturated heterocycles. The topological polar surface area (TPSA) is 71.1 Å². The third kappa shape index (κ3) is 9.76. The maximum atomic E-state index is 14.0. The second-order valence-electron chi connectivity index (χ2n) is 10.6. The van der Waals surface area contributed by atoms with Crippen LogP contribution in [-0.2, 0) is 23.1 Å². The van der Waals surface area contributed by atoms with Crippen LogP contribution in [0.5, 0.6) is 11.5 Å². The van der Waals surface area contributed by atoms with E-state index in [4.69, 9.17) is 9.47 Å². The summed E-state index contributed by atoms with van der Waals surface area (Å²) in [4.78, 5) is 3.66. The Bertz CT molecular complexity index is 1450. The molecule has 0 unspecified atom stereocenters. The number of nitrogens with zero attached hydrogens (tertiary/aromatic N) is 2. The van der Waals surface area contributed by atoms with Gasteiger partial charge in [0.05, 0.1) is 19.1 Å². The minimum atomic E-state index is -3.81. The summed E-state index contributed by atoms with van der Waals surface area (Å²) in [6, 6.07) is 32.7. The molecule has 0 radical (unpaired) electrons. The summed E-state index contributed by atoms with van der Waals surface area (Å²) in [6.45, 7) is 1.40. The molecule has 1 atom stereocenters. The molecule has 7 nitrogen and oxygen atoms in total. The van der Waals surface area contributed by atoms with E-state index >= 15 is 0 Å². The highest BCUT2D eigenvalue weighted by atomic mass is 32.2. The largest absolute Gasteiger partial charge is 0.497 e. The van der Waals surface area contributed by atoms with E-state index in [1.54, 1.807) is 26.4 Å². The predicted molar refractivity (Wildman–Crippen MR) is 177 cm³/mol. The smallest absolute Gasteiger partial charge is 0.243 e. The van der Waals surface area contributed by atoms with Gasteiger partial charge in [-0.1, -0.05) is 42.5 Å². The quantitative estimate of drug-likeness (QED) is 0.141. The molecule has 0 aliphatic carbocycles. The van der Waals surface area contributed by atoms with Crippen molar-refractivity contribution in [3.05, 3.63) is 114 Å². The van der Waals surface area contributed by atoms with Gasteiger partial charge in [0, 0.05) is 35.5 Å². The zero-order valence-corrected chi connectivity index (χ0v) is 26.9. The van der Waals surface area contributed by atoms with E-state index < -0.39 is 10.0 Å². The molecular weight excluding hydrogens is 579 g/mol. The molecule has 0 saturated carbocycles. The molecule has 0 aliphatic rings. The summed E-state index contributed by atoms with van der Waals surface area (Å²) in [5.41, 5.74) is 2.64. The summed E-state index contributed by atoms with van der Waals surface area (Å²) in [5, 5.41) is 3.63. The number of nitrogens with one attached hydrogen (secondary N) is 1. The number of rotatable bonds is 16. The van der Waals surface area contributed by atoms with Crippen molar-refractivity contribution in [2.24, 2.45) is 0 Å². The Morgan fingerprint density at radius 2 is 1.28 bits per heavy atom. The van der Waals surface area contributed by atoms with Crippen molar-refractivity contribution < 1.29 is 17.9 Å². The number of anilines is 1. The first-order valence-corrected chi connectivity index (χ1v) is 16.6. The van der Waals surface area contributed by atoms with Crippen LogP contribution in [0.25, 0.3) is 0 Å². The fourth-order valence-electron chi connectivity index (χ4n) is 4.53. The number of benzene rings is 4. The first-order valence-electron chi connectivity index (χ1n) is 14.2. The van der Waals surface area contributed by atoms with Crippen LogP contribution in [0.2, 0.25) is 0 Å². The molecule has 4 aromatic carbocycles. The summed E-state index contributed by atoms with van der Waals surface area (Å²) in [6.07, 6.45) is 0.963. The van der Waals surface area contributed by atoms with Crippen LogP contribution < -0.4 is 14.8 Å². The lowest BCUT2D eigenvalue weighted by atomic mass is 10.2. The molecule has 0 aromatic heterocycles. The zero-order valence-electron chi connectivity index (χ0n) is 25.3. The van der Waals surface area contributed by atoms with Gasteiger partial charge in [-0.2, -0.15) is 4.31 Å². The van der Waals surface area contributed by atoms with Crippen molar-refractivity contribution in [3.8, 4) is 11.5 Å². The standard InChI is InChI=1S/C34H41N3O4S2/c1-36(2)23-22-30(26-42-33-8-6-5-7-9-33)35-29-14-20-34(21-15-29)43(38,39)37(24-27-10-16-31(40-3)17-11-27)25-28-12-18-32(41-4)19-13-28/h5-21,30,35H,22-26H2,1-4H3/t30-/m1/s1. The van der Waals surface area contributed by atoms with E-state index in [1.165, 1.54) is 9.20 Å². The molecule has 9 heteroatoms. The van der Waals surface area contributed by atoms with Gasteiger partial charge in [-0.15, -0.1) is 11.8 Å². The van der Waals surface area contributed by atoms with Crippen molar-refractivity contribution >= 4 is 27.5 Å². The maximum Gasteiger partial charge on any atom is 0.243 e. The molecule has 0 heterocycles. The lowest BCUT2D eigenvalue weighted by Crippen LogP contribution is -2.30. The molecule has 0 spiro atoms. The van der Waals surface area contributed by atoms with Crippen molar-refractivity contribution in [3.63, 3.8) is 0 Å². The summed E-state index contributed by atoms with van der Waals surface area (Å²) in [5.74, 6) is 2.35. The van der Waals surface area contributed by atoms with Crippen LogP contribution in [0.4, 0.5) is 5.69 Å². The molecule has 4 rings (SSSR count). The molecule has 0 bridgehead atoms. The van der Waals surface area contributed by atoms with E-state index in [0.717, 1.165) is 47.0 Å². The molecule has 0 fully saturated rings. The highest BCUT2D eigenvalue weighted by Crippen LogP contribution is 2.26. The minimum absolute atomic E-state index is 0.219. The lowest BCUT2D eigenvalue weighted by molar-refractivity contribution is 0.391. The van der Waals surface area contributed by atoms with E-state index in [1.807, 2.05) is 78.5 Å². The second-order valence-corrected chi connectivity index (χ2v) is 13.6. The average molecular weight is 620 g/mol. The van der Waals surface area contributed by atoms with Crippen molar-refractivity contribution in [1.82, 2.24) is 9.21 Å². The van der Waals surface area contributed by atoms with Crippen LogP contribution in [0.3, 0.4) is 0 Å². The highest BCUT2D eigenvalue weighted by Gasteiger charge is 2.25. The third-order valence-electron chi connectivity index (χ3n) is 7.02. The molecule has 0 amide bonds. The fourth-order valence-corrected chi connectivity index (χ4v) is 6.94. The van der Waals surface area contributed by atoms with Gasteiger partial charge >= 0.3 is 0 Å². The summed E-state index contributed by atoms with van der Waals surface area (Å²) < 4.78 is 40.1. The molecule has 4 aromatic rings. The third-order valence-corrected chi connectivity index (χ3v) is 10.00. The monoisotopic (exact) mass is 619 g/mol. The molecule has 228 valence electrons. The Balaban J connectivity index is 1.52. The van der Waals surface area contributed by atoms with Gasteiger partial charge in [0.2, 0.25) is 10.0 Å². The predicted octanol–water partition coefficient (Wildman–Crippen LogP) is 6.62. The highest BCUT2D eigenvalue weighted by molar-refractivity contribution is 7.99. The Morgan fingerprint density at radius 3 is 1.77 bits per heavy atom. The van der Waals surface area contributed by atoms with Crippen LogP contribution >= 0.6 is 11.8 Å².